The summed E-state index contributed by atoms with van der Waals surface area (Å²) in [7, 11) is -4.05. The SMILES string of the molecule is C[C@H](COC(=O)NS(=O)(=O)c1ccc2c(c1)CCC(C)(C)O2)C1CCC2[C@@H]3CC[C@@H]4C[C@H](O)CC[C@]4(C)C3CC[C@@]21C. The van der Waals surface area contributed by atoms with Crippen molar-refractivity contribution in [1.29, 1.82) is 0 Å². The van der Waals surface area contributed by atoms with Gasteiger partial charge in [0.25, 0.3) is 10.0 Å². The summed E-state index contributed by atoms with van der Waals surface area (Å²) in [5.74, 6) is 4.17. The number of carbonyl (C=O) groups excluding carboxylic acids is 1. The smallest absolute Gasteiger partial charge is 0.421 e. The molecular formula is C34H51NO6S. The van der Waals surface area contributed by atoms with Gasteiger partial charge in [-0.1, -0.05) is 20.8 Å². The second-order valence-electron chi connectivity index (χ2n) is 15.6. The second kappa shape index (κ2) is 10.7. The first-order valence-corrected chi connectivity index (χ1v) is 17.9. The highest BCUT2D eigenvalue weighted by molar-refractivity contribution is 7.90. The molecule has 2 N–H and O–H groups in total. The number of nitrogens with one attached hydrogen (secondary N) is 1. The number of fused-ring (bicyclic) bond motifs is 6. The van der Waals surface area contributed by atoms with Crippen LogP contribution >= 0.6 is 0 Å². The van der Waals surface area contributed by atoms with Gasteiger partial charge in [0.2, 0.25) is 0 Å². The zero-order chi connectivity index (χ0) is 30.1. The van der Waals surface area contributed by atoms with E-state index < -0.39 is 16.1 Å². The van der Waals surface area contributed by atoms with Gasteiger partial charge in [0.1, 0.15) is 11.4 Å². The predicted octanol–water partition coefficient (Wildman–Crippen LogP) is 6.86. The van der Waals surface area contributed by atoms with Crippen LogP contribution in [-0.4, -0.2) is 37.9 Å². The van der Waals surface area contributed by atoms with E-state index in [0.29, 0.717) is 28.9 Å². The van der Waals surface area contributed by atoms with Gasteiger partial charge in [-0.25, -0.2) is 17.9 Å². The minimum absolute atomic E-state index is 0.0494. The number of aliphatic hydroxyl groups is 1. The first kappa shape index (κ1) is 30.2. The van der Waals surface area contributed by atoms with Crippen molar-refractivity contribution in [3.63, 3.8) is 0 Å². The molecule has 1 aromatic rings. The summed E-state index contributed by atoms with van der Waals surface area (Å²) in [5, 5.41) is 10.3. The van der Waals surface area contributed by atoms with Gasteiger partial charge < -0.3 is 14.6 Å². The van der Waals surface area contributed by atoms with E-state index in [0.717, 1.165) is 55.9 Å². The van der Waals surface area contributed by atoms with Gasteiger partial charge >= 0.3 is 6.09 Å². The molecule has 3 unspecified atom stereocenters. The lowest BCUT2D eigenvalue weighted by Gasteiger charge is -2.61. The van der Waals surface area contributed by atoms with Crippen molar-refractivity contribution < 1.29 is 27.8 Å². The van der Waals surface area contributed by atoms with Crippen molar-refractivity contribution in [3.05, 3.63) is 23.8 Å². The summed E-state index contributed by atoms with van der Waals surface area (Å²) in [6.45, 7) is 11.4. The van der Waals surface area contributed by atoms with Crippen LogP contribution in [0.3, 0.4) is 0 Å². The van der Waals surface area contributed by atoms with Crippen LogP contribution in [0.15, 0.2) is 23.1 Å². The molecule has 1 aromatic carbocycles. The number of ether oxygens (including phenoxy) is 2. The van der Waals surface area contributed by atoms with E-state index >= 15 is 0 Å². The maximum Gasteiger partial charge on any atom is 0.421 e. The van der Waals surface area contributed by atoms with Gasteiger partial charge in [-0.3, -0.25) is 0 Å². The molecule has 1 aliphatic heterocycles. The number of hydrogen-bond donors (Lipinski definition) is 2. The molecule has 234 valence electrons. The summed E-state index contributed by atoms with van der Waals surface area (Å²) in [6.07, 6.45) is 10.9. The molecule has 6 rings (SSSR count). The van der Waals surface area contributed by atoms with E-state index in [1.807, 2.05) is 13.8 Å². The number of aryl methyl sites for hydroxylation is 1. The summed E-state index contributed by atoms with van der Waals surface area (Å²) >= 11 is 0. The number of carbonyl (C=O) groups is 1. The molecule has 0 saturated heterocycles. The average Bonchev–Trinajstić information content (AvgIpc) is 3.28. The standard InChI is InChI=1S/C34H51NO6S/c1-21(20-40-31(37)35-42(38,39)25-7-11-30-22(18-25)12-15-32(2,3)41-30)27-9-10-28-26-8-6-23-19-24(36)13-16-33(23,4)29(26)14-17-34(27,28)5/h7,11,18,21,23-24,26-29,36H,6,8-10,12-17,19-20H2,1-5H3,(H,35,37)/t21-,23-,24-,26+,27?,28?,29?,33+,34-/m1/s1. The van der Waals surface area contributed by atoms with E-state index in [-0.39, 0.29) is 34.5 Å². The average molecular weight is 602 g/mol. The summed E-state index contributed by atoms with van der Waals surface area (Å²) < 4.78 is 39.7. The fourth-order valence-corrected chi connectivity index (χ4v) is 11.5. The maximum absolute atomic E-state index is 13.0. The van der Waals surface area contributed by atoms with Crippen molar-refractivity contribution in [2.45, 2.75) is 122 Å². The largest absolute Gasteiger partial charge is 0.488 e. The summed E-state index contributed by atoms with van der Waals surface area (Å²) in [4.78, 5) is 12.8. The Labute approximate surface area is 252 Å². The number of sulfonamides is 1. The Hall–Kier alpha value is -1.80. The minimum atomic E-state index is -4.05. The van der Waals surface area contributed by atoms with Crippen molar-refractivity contribution in [3.8, 4) is 5.75 Å². The number of aliphatic hydroxyl groups excluding tert-OH is 1. The van der Waals surface area contributed by atoms with E-state index in [1.165, 1.54) is 38.2 Å². The van der Waals surface area contributed by atoms with Crippen LogP contribution < -0.4 is 9.46 Å². The van der Waals surface area contributed by atoms with Crippen LogP contribution in [0.5, 0.6) is 5.75 Å². The number of hydrogen-bond acceptors (Lipinski definition) is 6. The highest BCUT2D eigenvalue weighted by Gasteiger charge is 2.60. The van der Waals surface area contributed by atoms with Crippen LogP contribution in [0.2, 0.25) is 0 Å². The molecule has 1 amide bonds. The van der Waals surface area contributed by atoms with E-state index in [2.05, 4.69) is 25.5 Å². The lowest BCUT2D eigenvalue weighted by molar-refractivity contribution is -0.130. The van der Waals surface area contributed by atoms with Crippen LogP contribution in [0.25, 0.3) is 0 Å². The van der Waals surface area contributed by atoms with Crippen molar-refractivity contribution in [2.24, 2.45) is 46.3 Å². The third-order valence-electron chi connectivity index (χ3n) is 12.8. The molecule has 0 bridgehead atoms. The summed E-state index contributed by atoms with van der Waals surface area (Å²) in [6, 6.07) is 4.76. The number of rotatable bonds is 5. The van der Waals surface area contributed by atoms with E-state index in [4.69, 9.17) is 9.47 Å². The molecule has 0 radical (unpaired) electrons. The van der Waals surface area contributed by atoms with Crippen molar-refractivity contribution in [1.82, 2.24) is 4.72 Å². The molecule has 4 saturated carbocycles. The molecule has 8 heteroatoms. The first-order valence-electron chi connectivity index (χ1n) is 16.4. The fraction of sp³-hybridized carbons (Fsp3) is 0.794. The van der Waals surface area contributed by atoms with Gasteiger partial charge in [-0.05, 0) is 155 Å². The molecule has 0 spiro atoms. The maximum atomic E-state index is 13.0. The third-order valence-corrected chi connectivity index (χ3v) is 14.1. The lowest BCUT2D eigenvalue weighted by atomic mass is 9.44. The summed E-state index contributed by atoms with van der Waals surface area (Å²) in [5.41, 5.74) is 1.14. The number of benzene rings is 1. The minimum Gasteiger partial charge on any atom is -0.488 e. The first-order chi connectivity index (χ1) is 19.7. The van der Waals surface area contributed by atoms with Gasteiger partial charge in [-0.2, -0.15) is 0 Å². The molecule has 5 aliphatic rings. The third kappa shape index (κ3) is 5.27. The molecule has 4 fully saturated rings. The molecule has 4 aliphatic carbocycles. The molecule has 1 heterocycles. The van der Waals surface area contributed by atoms with Crippen LogP contribution in [-0.2, 0) is 21.2 Å². The highest BCUT2D eigenvalue weighted by Crippen LogP contribution is 2.68. The van der Waals surface area contributed by atoms with Crippen molar-refractivity contribution in [2.75, 3.05) is 6.61 Å². The van der Waals surface area contributed by atoms with Gasteiger partial charge in [-0.15, -0.1) is 0 Å². The van der Waals surface area contributed by atoms with E-state index in [9.17, 15) is 18.3 Å². The lowest BCUT2D eigenvalue weighted by Crippen LogP contribution is -2.54. The molecule has 42 heavy (non-hydrogen) atoms. The molecule has 9 atom stereocenters. The Kier molecular flexibility index (Phi) is 7.69. The van der Waals surface area contributed by atoms with Gasteiger partial charge in [0.15, 0.2) is 0 Å². The number of amides is 1. The van der Waals surface area contributed by atoms with Gasteiger partial charge in [0.05, 0.1) is 17.6 Å². The topological polar surface area (TPSA) is 102 Å². The molecule has 0 aromatic heterocycles. The zero-order valence-corrected chi connectivity index (χ0v) is 27.0. The molecule has 7 nitrogen and oxygen atoms in total. The normalized spacial score (nSPS) is 39.5. The Balaban J connectivity index is 1.06. The monoisotopic (exact) mass is 601 g/mol. The Bertz CT molecular complexity index is 1310. The van der Waals surface area contributed by atoms with Crippen LogP contribution in [0, 0.1) is 46.3 Å². The van der Waals surface area contributed by atoms with Gasteiger partial charge in [0, 0.05) is 0 Å². The van der Waals surface area contributed by atoms with Crippen LogP contribution in [0.4, 0.5) is 4.79 Å². The highest BCUT2D eigenvalue weighted by atomic mass is 32.2. The second-order valence-corrected chi connectivity index (χ2v) is 17.3. The molecular weight excluding hydrogens is 550 g/mol. The Morgan fingerprint density at radius 3 is 2.55 bits per heavy atom. The Morgan fingerprint density at radius 2 is 1.76 bits per heavy atom. The zero-order valence-electron chi connectivity index (χ0n) is 26.2. The fourth-order valence-electron chi connectivity index (χ4n) is 10.5. The predicted molar refractivity (Wildman–Crippen MR) is 162 cm³/mol. The van der Waals surface area contributed by atoms with Crippen molar-refractivity contribution >= 4 is 16.1 Å². The van der Waals surface area contributed by atoms with E-state index in [1.54, 1.807) is 12.1 Å². The quantitative estimate of drug-likeness (QED) is 0.382. The van der Waals surface area contributed by atoms with Crippen LogP contribution in [0.1, 0.15) is 104 Å². The Morgan fingerprint density at radius 1 is 1.02 bits per heavy atom.